The van der Waals surface area contributed by atoms with Crippen molar-refractivity contribution in [2.45, 2.75) is 19.4 Å². The Kier molecular flexibility index (Phi) is 7.77. The lowest BCUT2D eigenvalue weighted by molar-refractivity contribution is 0.297. The van der Waals surface area contributed by atoms with Crippen LogP contribution in [0, 0.1) is 0 Å². The molecule has 8 heteroatoms. The number of furan rings is 1. The Morgan fingerprint density at radius 3 is 2.70 bits per heavy atom. The van der Waals surface area contributed by atoms with Gasteiger partial charge in [-0.15, -0.1) is 24.0 Å². The number of hydrogen-bond acceptors (Lipinski definition) is 4. The van der Waals surface area contributed by atoms with Gasteiger partial charge in [0.1, 0.15) is 5.76 Å². The average Bonchev–Trinajstić information content (AvgIpc) is 3.42. The van der Waals surface area contributed by atoms with Crippen LogP contribution >= 0.6 is 24.0 Å². The zero-order valence-electron chi connectivity index (χ0n) is 18.2. The minimum Gasteiger partial charge on any atom is -0.490 e. The number of para-hydroxylation sites is 1. The number of anilines is 1. The van der Waals surface area contributed by atoms with E-state index in [0.29, 0.717) is 32.3 Å². The van der Waals surface area contributed by atoms with Crippen LogP contribution in [0.25, 0.3) is 10.9 Å². The van der Waals surface area contributed by atoms with Crippen molar-refractivity contribution in [2.75, 3.05) is 25.1 Å². The lowest BCUT2D eigenvalue weighted by Crippen LogP contribution is -2.32. The minimum atomic E-state index is 0. The molecular weight excluding hydrogens is 531 g/mol. The van der Waals surface area contributed by atoms with Gasteiger partial charge in [-0.25, -0.2) is 4.99 Å². The molecule has 0 saturated carbocycles. The molecule has 172 valence electrons. The van der Waals surface area contributed by atoms with Crippen LogP contribution in [0.5, 0.6) is 11.5 Å². The van der Waals surface area contributed by atoms with Crippen molar-refractivity contribution in [1.82, 2.24) is 10.3 Å². The number of ether oxygens (including phenoxy) is 2. The topological polar surface area (TPSA) is 83.8 Å². The van der Waals surface area contributed by atoms with Crippen LogP contribution < -0.4 is 20.1 Å². The summed E-state index contributed by atoms with van der Waals surface area (Å²) in [6.45, 7) is 2.54. The summed E-state index contributed by atoms with van der Waals surface area (Å²) in [7, 11) is 0. The Morgan fingerprint density at radius 1 is 0.970 bits per heavy atom. The molecule has 0 bridgehead atoms. The second-order valence-corrected chi connectivity index (χ2v) is 7.64. The number of benzene rings is 2. The Bertz CT molecular complexity index is 1170. The molecule has 0 unspecified atom stereocenters. The molecule has 0 saturated heterocycles. The summed E-state index contributed by atoms with van der Waals surface area (Å²) in [5.41, 5.74) is 3.05. The average molecular weight is 558 g/mol. The fraction of sp³-hybridized carbons (Fsp3) is 0.240. The van der Waals surface area contributed by atoms with Gasteiger partial charge in [-0.05, 0) is 41.8 Å². The van der Waals surface area contributed by atoms with E-state index in [-0.39, 0.29) is 24.0 Å². The van der Waals surface area contributed by atoms with E-state index in [1.807, 2.05) is 42.5 Å². The molecule has 7 nitrogen and oxygen atoms in total. The maximum Gasteiger partial charge on any atom is 0.196 e. The maximum atomic E-state index is 5.82. The van der Waals surface area contributed by atoms with E-state index in [1.54, 1.807) is 6.26 Å². The van der Waals surface area contributed by atoms with Gasteiger partial charge in [-0.3, -0.25) is 0 Å². The highest BCUT2D eigenvalue weighted by molar-refractivity contribution is 14.0. The number of aromatic nitrogens is 1. The predicted octanol–water partition coefficient (Wildman–Crippen LogP) is 5.34. The van der Waals surface area contributed by atoms with E-state index < -0.39 is 0 Å². The number of guanidine groups is 1. The molecule has 2 aromatic carbocycles. The zero-order valence-corrected chi connectivity index (χ0v) is 20.5. The van der Waals surface area contributed by atoms with Gasteiger partial charge < -0.3 is 29.5 Å². The Hall–Kier alpha value is -3.14. The van der Waals surface area contributed by atoms with Gasteiger partial charge >= 0.3 is 0 Å². The number of aliphatic imine (C=N–C) groups is 1. The molecule has 3 heterocycles. The van der Waals surface area contributed by atoms with Crippen molar-refractivity contribution in [3.05, 3.63) is 78.4 Å². The number of fused-ring (bicyclic) bond motifs is 2. The first kappa shape index (κ1) is 23.0. The van der Waals surface area contributed by atoms with Gasteiger partial charge in [0.25, 0.3) is 0 Å². The second-order valence-electron chi connectivity index (χ2n) is 7.64. The molecule has 0 fully saturated rings. The Labute approximate surface area is 209 Å². The number of rotatable bonds is 6. The van der Waals surface area contributed by atoms with Crippen molar-refractivity contribution in [2.24, 2.45) is 4.99 Å². The quantitative estimate of drug-likeness (QED) is 0.169. The molecule has 0 amide bonds. The molecule has 0 radical (unpaired) electrons. The van der Waals surface area contributed by atoms with E-state index in [9.17, 15) is 0 Å². The van der Waals surface area contributed by atoms with Crippen LogP contribution in [0.4, 0.5) is 5.69 Å². The molecule has 2 aromatic heterocycles. The number of nitrogens with zero attached hydrogens (tertiary/aromatic N) is 1. The lowest BCUT2D eigenvalue weighted by atomic mass is 10.2. The van der Waals surface area contributed by atoms with Gasteiger partial charge in [0.05, 0.1) is 26.0 Å². The fourth-order valence-corrected chi connectivity index (χ4v) is 3.66. The first-order chi connectivity index (χ1) is 15.8. The smallest absolute Gasteiger partial charge is 0.196 e. The Balaban J connectivity index is 0.00000259. The molecular formula is C25H27IN4O3. The van der Waals surface area contributed by atoms with Crippen LogP contribution in [0.1, 0.15) is 17.9 Å². The number of halogens is 1. The number of aromatic amines is 1. The Morgan fingerprint density at radius 2 is 1.85 bits per heavy atom. The van der Waals surface area contributed by atoms with E-state index in [2.05, 4.69) is 33.8 Å². The third kappa shape index (κ3) is 6.01. The molecule has 5 rings (SSSR count). The SMILES string of the molecule is I.c1coc(CCNC(=NCc2cc3ccccc3[nH]2)Nc2ccc3c(c2)OCCCO3)c1. The summed E-state index contributed by atoms with van der Waals surface area (Å²) in [6, 6.07) is 20.1. The van der Waals surface area contributed by atoms with Gasteiger partial charge in [0, 0.05) is 42.4 Å². The third-order valence-electron chi connectivity index (χ3n) is 5.25. The van der Waals surface area contributed by atoms with Crippen molar-refractivity contribution in [1.29, 1.82) is 0 Å². The zero-order chi connectivity index (χ0) is 21.6. The van der Waals surface area contributed by atoms with Gasteiger partial charge in [0.15, 0.2) is 17.5 Å². The molecule has 33 heavy (non-hydrogen) atoms. The minimum absolute atomic E-state index is 0. The highest BCUT2D eigenvalue weighted by Gasteiger charge is 2.12. The van der Waals surface area contributed by atoms with Gasteiger partial charge in [-0.2, -0.15) is 0 Å². The van der Waals surface area contributed by atoms with Crippen LogP contribution in [0.15, 0.2) is 76.3 Å². The van der Waals surface area contributed by atoms with E-state index >= 15 is 0 Å². The standard InChI is InChI=1S/C25H26N4O3.HI/c1-2-7-22-18(5-1)15-20(28-22)17-27-25(26-11-10-21-6-3-12-30-21)29-19-8-9-23-24(16-19)32-14-4-13-31-23;/h1-3,5-9,12,15-16,28H,4,10-11,13-14,17H2,(H2,26,27,29);1H. The molecule has 0 aliphatic carbocycles. The van der Waals surface area contributed by atoms with Crippen LogP contribution in [-0.4, -0.2) is 30.7 Å². The largest absolute Gasteiger partial charge is 0.490 e. The molecule has 1 aliphatic heterocycles. The summed E-state index contributed by atoms with van der Waals surface area (Å²) < 4.78 is 17.0. The third-order valence-corrected chi connectivity index (χ3v) is 5.25. The van der Waals surface area contributed by atoms with Crippen molar-refractivity contribution in [3.8, 4) is 11.5 Å². The summed E-state index contributed by atoms with van der Waals surface area (Å²) in [5.74, 6) is 3.14. The van der Waals surface area contributed by atoms with Crippen molar-refractivity contribution in [3.63, 3.8) is 0 Å². The monoisotopic (exact) mass is 558 g/mol. The summed E-state index contributed by atoms with van der Waals surface area (Å²) >= 11 is 0. The van der Waals surface area contributed by atoms with Crippen LogP contribution in [0.2, 0.25) is 0 Å². The molecule has 0 spiro atoms. The first-order valence-electron chi connectivity index (χ1n) is 10.9. The molecule has 1 aliphatic rings. The summed E-state index contributed by atoms with van der Waals surface area (Å²) in [6.07, 6.45) is 3.33. The lowest BCUT2D eigenvalue weighted by Gasteiger charge is -2.14. The number of hydrogen-bond donors (Lipinski definition) is 3. The molecule has 4 aromatic rings. The van der Waals surface area contributed by atoms with Crippen molar-refractivity contribution >= 4 is 46.5 Å². The predicted molar refractivity (Wildman–Crippen MR) is 141 cm³/mol. The van der Waals surface area contributed by atoms with E-state index in [1.165, 1.54) is 5.39 Å². The fourth-order valence-electron chi connectivity index (χ4n) is 3.66. The van der Waals surface area contributed by atoms with Gasteiger partial charge in [-0.1, -0.05) is 18.2 Å². The highest BCUT2D eigenvalue weighted by Crippen LogP contribution is 2.32. The number of nitrogens with one attached hydrogen (secondary N) is 3. The highest BCUT2D eigenvalue weighted by atomic mass is 127. The van der Waals surface area contributed by atoms with Crippen LogP contribution in [0.3, 0.4) is 0 Å². The maximum absolute atomic E-state index is 5.82. The number of H-pyrrole nitrogens is 1. The van der Waals surface area contributed by atoms with E-state index in [0.717, 1.165) is 47.0 Å². The second kappa shape index (κ2) is 11.1. The van der Waals surface area contributed by atoms with Crippen LogP contribution in [-0.2, 0) is 13.0 Å². The summed E-state index contributed by atoms with van der Waals surface area (Å²) in [5, 5.41) is 7.97. The normalized spacial score (nSPS) is 13.3. The molecule has 0 atom stereocenters. The van der Waals surface area contributed by atoms with Gasteiger partial charge in [0.2, 0.25) is 0 Å². The van der Waals surface area contributed by atoms with E-state index in [4.69, 9.17) is 18.9 Å². The molecule has 3 N–H and O–H groups in total. The first-order valence-corrected chi connectivity index (χ1v) is 10.9. The van der Waals surface area contributed by atoms with Crippen molar-refractivity contribution < 1.29 is 13.9 Å². The summed E-state index contributed by atoms with van der Waals surface area (Å²) in [4.78, 5) is 8.22.